The van der Waals surface area contributed by atoms with Gasteiger partial charge in [-0.05, 0) is 92.9 Å². The van der Waals surface area contributed by atoms with Crippen LogP contribution in [0.15, 0.2) is 48.9 Å². The number of piperidine rings is 1. The first kappa shape index (κ1) is 25.9. The lowest BCUT2D eigenvalue weighted by Crippen LogP contribution is -2.41. The molecule has 1 aliphatic rings. The second kappa shape index (κ2) is 12.7. The zero-order valence-electron chi connectivity index (χ0n) is 20.9. The first-order valence-corrected chi connectivity index (χ1v) is 12.8. The maximum Gasteiger partial charge on any atom is 0.303 e. The van der Waals surface area contributed by atoms with Gasteiger partial charge in [0.2, 0.25) is 0 Å². The molecule has 4 rings (SSSR count). The third kappa shape index (κ3) is 6.97. The third-order valence-electron chi connectivity index (χ3n) is 7.27. The van der Waals surface area contributed by atoms with Gasteiger partial charge in [0.05, 0.1) is 12.6 Å². The van der Waals surface area contributed by atoms with E-state index in [0.29, 0.717) is 24.2 Å². The van der Waals surface area contributed by atoms with Gasteiger partial charge in [-0.3, -0.25) is 9.78 Å². The number of pyridine rings is 1. The highest BCUT2D eigenvalue weighted by Crippen LogP contribution is 2.36. The van der Waals surface area contributed by atoms with Gasteiger partial charge >= 0.3 is 5.97 Å². The molecule has 3 aromatic rings. The number of hydrogen-bond acceptors (Lipinski definition) is 6. The molecule has 1 fully saturated rings. The minimum absolute atomic E-state index is 0.0372. The summed E-state index contributed by atoms with van der Waals surface area (Å²) in [7, 11) is 1.59. The van der Waals surface area contributed by atoms with Crippen molar-refractivity contribution in [2.24, 2.45) is 11.8 Å². The molecule has 36 heavy (non-hydrogen) atoms. The Bertz CT molecular complexity index is 1130. The fourth-order valence-electron chi connectivity index (χ4n) is 5.33. The Morgan fingerprint density at radius 2 is 2.00 bits per heavy atom. The number of rotatable bonds is 12. The van der Waals surface area contributed by atoms with Gasteiger partial charge in [-0.15, -0.1) is 0 Å². The number of unbranched alkanes of at least 4 members (excludes halogenated alkanes) is 1. The topological polar surface area (TPSA) is 88.4 Å². The fraction of sp³-hybridized carbons (Fsp3) is 0.500. The maximum absolute atomic E-state index is 15.5. The molecule has 0 bridgehead atoms. The summed E-state index contributed by atoms with van der Waals surface area (Å²) < 4.78 is 20.8. The second-order valence-electron chi connectivity index (χ2n) is 9.66. The summed E-state index contributed by atoms with van der Waals surface area (Å²) in [6, 6.07) is 9.06. The Labute approximate surface area is 211 Å². The summed E-state index contributed by atoms with van der Waals surface area (Å²) >= 11 is 0. The molecular formula is C28H35FN4O3. The number of methoxy groups -OCH3 is 1. The normalized spacial score (nSPS) is 19.3. The average Bonchev–Trinajstić information content (AvgIpc) is 2.90. The van der Waals surface area contributed by atoms with Crippen LogP contribution in [0.25, 0.3) is 10.9 Å². The highest BCUT2D eigenvalue weighted by molar-refractivity contribution is 5.83. The first-order chi connectivity index (χ1) is 17.5. The van der Waals surface area contributed by atoms with E-state index in [2.05, 4.69) is 19.9 Å². The van der Waals surface area contributed by atoms with Crippen molar-refractivity contribution in [3.8, 4) is 5.75 Å². The van der Waals surface area contributed by atoms with E-state index >= 15 is 4.39 Å². The van der Waals surface area contributed by atoms with Gasteiger partial charge in [0, 0.05) is 43.4 Å². The van der Waals surface area contributed by atoms with E-state index in [1.54, 1.807) is 31.8 Å². The summed E-state index contributed by atoms with van der Waals surface area (Å²) in [4.78, 5) is 26.8. The lowest BCUT2D eigenvalue weighted by atomic mass is 9.79. The third-order valence-corrected chi connectivity index (χ3v) is 7.27. The number of carbonyl (C=O) groups is 1. The lowest BCUT2D eigenvalue weighted by molar-refractivity contribution is -0.139. The summed E-state index contributed by atoms with van der Waals surface area (Å²) in [5.74, 6) is 0.999. The number of nitrogens with zero attached hydrogens (tertiary/aromatic N) is 4. The molecule has 3 heterocycles. The molecule has 0 aliphatic carbocycles. The number of carboxylic acids is 1. The fourth-order valence-corrected chi connectivity index (χ4v) is 5.33. The van der Waals surface area contributed by atoms with E-state index in [9.17, 15) is 9.90 Å². The van der Waals surface area contributed by atoms with Crippen LogP contribution >= 0.6 is 0 Å². The van der Waals surface area contributed by atoms with Crippen LogP contribution in [-0.4, -0.2) is 57.7 Å². The monoisotopic (exact) mass is 494 g/mol. The molecule has 1 aliphatic heterocycles. The molecule has 1 N–H and O–H groups in total. The molecule has 8 heteroatoms. The van der Waals surface area contributed by atoms with Crippen molar-refractivity contribution in [2.45, 2.75) is 51.1 Å². The number of aryl methyl sites for hydroxylation is 1. The summed E-state index contributed by atoms with van der Waals surface area (Å²) in [5.41, 5.74) is 1.36. The molecule has 0 unspecified atom stereocenters. The number of hydrogen-bond donors (Lipinski definition) is 1. The zero-order valence-corrected chi connectivity index (χ0v) is 20.9. The van der Waals surface area contributed by atoms with Gasteiger partial charge in [-0.25, -0.2) is 14.4 Å². The van der Waals surface area contributed by atoms with Crippen molar-refractivity contribution < 1.29 is 19.0 Å². The van der Waals surface area contributed by atoms with Crippen LogP contribution in [0.2, 0.25) is 0 Å². The smallest absolute Gasteiger partial charge is 0.303 e. The van der Waals surface area contributed by atoms with Gasteiger partial charge in [-0.2, -0.15) is 0 Å². The van der Waals surface area contributed by atoms with Gasteiger partial charge in [0.25, 0.3) is 0 Å². The molecule has 0 radical (unpaired) electrons. The Kier molecular flexibility index (Phi) is 9.17. The molecule has 2 aromatic heterocycles. The molecule has 7 nitrogen and oxygen atoms in total. The van der Waals surface area contributed by atoms with E-state index in [1.165, 1.54) is 0 Å². The Morgan fingerprint density at radius 1 is 1.17 bits per heavy atom. The summed E-state index contributed by atoms with van der Waals surface area (Å²) in [5, 5.41) is 10.3. The van der Waals surface area contributed by atoms with E-state index in [-0.39, 0.29) is 18.3 Å². The van der Waals surface area contributed by atoms with Crippen LogP contribution in [0.3, 0.4) is 0 Å². The van der Waals surface area contributed by atoms with Crippen molar-refractivity contribution in [1.82, 2.24) is 19.9 Å². The molecular weight excluding hydrogens is 459 g/mol. The van der Waals surface area contributed by atoms with Crippen LogP contribution in [0, 0.1) is 11.8 Å². The predicted octanol–water partition coefficient (Wildman–Crippen LogP) is 5.26. The van der Waals surface area contributed by atoms with Crippen LogP contribution in [-0.2, 0) is 11.2 Å². The van der Waals surface area contributed by atoms with Crippen molar-refractivity contribution in [3.63, 3.8) is 0 Å². The zero-order chi connectivity index (χ0) is 25.3. The van der Waals surface area contributed by atoms with Gasteiger partial charge in [-0.1, -0.05) is 0 Å². The molecule has 3 atom stereocenters. The van der Waals surface area contributed by atoms with Crippen LogP contribution < -0.4 is 4.74 Å². The molecule has 1 aromatic carbocycles. The average molecular weight is 495 g/mol. The number of aliphatic carboxylic acids is 1. The van der Waals surface area contributed by atoms with Crippen molar-refractivity contribution in [1.29, 1.82) is 0 Å². The van der Waals surface area contributed by atoms with E-state index in [1.807, 2.05) is 24.3 Å². The SMILES string of the molecule is COc1ccc2nccc([C@@H](F)CC[C@@H]3CCN(CCCCc4ncccn4)C[C@@H]3CC(=O)O)c2c1. The highest BCUT2D eigenvalue weighted by atomic mass is 19.1. The molecule has 1 saturated heterocycles. The highest BCUT2D eigenvalue weighted by Gasteiger charge is 2.31. The number of likely N-dealkylation sites (tertiary alicyclic amines) is 1. The largest absolute Gasteiger partial charge is 0.497 e. The number of ether oxygens (including phenoxy) is 1. The Hall–Kier alpha value is -3.13. The van der Waals surface area contributed by atoms with E-state index in [0.717, 1.165) is 62.0 Å². The molecule has 192 valence electrons. The quantitative estimate of drug-likeness (QED) is 0.344. The van der Waals surface area contributed by atoms with Crippen LogP contribution in [0.1, 0.15) is 56.1 Å². The molecule has 0 saturated carbocycles. The molecule has 0 amide bonds. The van der Waals surface area contributed by atoms with Crippen LogP contribution in [0.4, 0.5) is 4.39 Å². The number of halogens is 1. The number of alkyl halides is 1. The van der Waals surface area contributed by atoms with Crippen molar-refractivity contribution in [2.75, 3.05) is 26.7 Å². The second-order valence-corrected chi connectivity index (χ2v) is 9.66. The lowest BCUT2D eigenvalue weighted by Gasteiger charge is -2.38. The number of aromatic nitrogens is 3. The minimum Gasteiger partial charge on any atom is -0.497 e. The van der Waals surface area contributed by atoms with Crippen molar-refractivity contribution in [3.05, 3.63) is 60.3 Å². The van der Waals surface area contributed by atoms with Crippen LogP contribution in [0.5, 0.6) is 5.75 Å². The number of benzene rings is 1. The number of carboxylic acid groups (broad SMARTS) is 1. The number of fused-ring (bicyclic) bond motifs is 1. The maximum atomic E-state index is 15.5. The van der Waals surface area contributed by atoms with E-state index < -0.39 is 12.1 Å². The predicted molar refractivity (Wildman–Crippen MR) is 137 cm³/mol. The van der Waals surface area contributed by atoms with Gasteiger partial charge in [0.15, 0.2) is 0 Å². The van der Waals surface area contributed by atoms with Gasteiger partial charge < -0.3 is 14.7 Å². The Balaban J connectivity index is 1.31. The Morgan fingerprint density at radius 3 is 2.78 bits per heavy atom. The van der Waals surface area contributed by atoms with E-state index in [4.69, 9.17) is 4.74 Å². The summed E-state index contributed by atoms with van der Waals surface area (Å²) in [6.45, 7) is 2.62. The van der Waals surface area contributed by atoms with Crippen molar-refractivity contribution >= 4 is 16.9 Å². The van der Waals surface area contributed by atoms with Gasteiger partial charge in [0.1, 0.15) is 17.7 Å². The standard InChI is InChI=1S/C28H35FN4O3/c1-36-22-7-9-26-24(18-22)23(10-14-30-26)25(29)8-6-20-11-16-33(19-21(20)17-28(34)35)15-3-2-5-27-31-12-4-13-32-27/h4,7,9-10,12-14,18,20-21,25H,2-3,5-6,8,11,15-17,19H2,1H3,(H,34,35)/t20-,21+,25+/m1/s1. The summed E-state index contributed by atoms with van der Waals surface area (Å²) in [6.07, 6.45) is 8.99. The minimum atomic E-state index is -1.13. The molecule has 0 spiro atoms. The first-order valence-electron chi connectivity index (χ1n) is 12.8.